The molecule has 0 atom stereocenters. The number of hydrogen-bond donors (Lipinski definition) is 2. The van der Waals surface area contributed by atoms with Crippen LogP contribution in [0.5, 0.6) is 5.75 Å². The molecule has 0 unspecified atom stereocenters. The Labute approximate surface area is 160 Å². The predicted octanol–water partition coefficient (Wildman–Crippen LogP) is 2.08. The molecule has 3 aromatic rings. The first-order valence-electron chi connectivity index (χ1n) is 8.24. The van der Waals surface area contributed by atoms with Crippen LogP contribution in [0.3, 0.4) is 0 Å². The van der Waals surface area contributed by atoms with Crippen LogP contribution in [0.1, 0.15) is 5.56 Å². The van der Waals surface area contributed by atoms with Crippen LogP contribution in [0.15, 0.2) is 48.2 Å². The number of nitrogens with one attached hydrogen (secondary N) is 1. The van der Waals surface area contributed by atoms with Crippen LogP contribution in [0, 0.1) is 6.92 Å². The number of aromatic hydroxyl groups is 1. The van der Waals surface area contributed by atoms with Crippen LogP contribution in [0.4, 0.5) is 5.69 Å². The lowest BCUT2D eigenvalue weighted by Crippen LogP contribution is -2.16. The van der Waals surface area contributed by atoms with Gasteiger partial charge >= 0.3 is 11.9 Å². The third kappa shape index (κ3) is 3.78. The van der Waals surface area contributed by atoms with E-state index in [1.165, 1.54) is 19.0 Å². The molecule has 0 fully saturated rings. The van der Waals surface area contributed by atoms with E-state index in [2.05, 4.69) is 25.0 Å². The number of phenolic OH excluding ortho intramolecular Hbond substituents is 1. The number of carbonyl (C=O) groups is 2. The van der Waals surface area contributed by atoms with Crippen molar-refractivity contribution in [2.75, 3.05) is 19.5 Å². The molecule has 0 saturated heterocycles. The second kappa shape index (κ2) is 7.78. The number of esters is 2. The zero-order valence-corrected chi connectivity index (χ0v) is 15.5. The van der Waals surface area contributed by atoms with Crippen LogP contribution in [0.25, 0.3) is 16.7 Å². The molecule has 0 aliphatic heterocycles. The third-order valence-corrected chi connectivity index (χ3v) is 3.87. The van der Waals surface area contributed by atoms with Crippen molar-refractivity contribution in [2.24, 2.45) is 0 Å². The summed E-state index contributed by atoms with van der Waals surface area (Å²) < 4.78 is 9.21. The van der Waals surface area contributed by atoms with Gasteiger partial charge in [0.1, 0.15) is 22.4 Å². The number of nitrogens with zero attached hydrogens (tertiary/aromatic N) is 3. The number of benzene rings is 2. The van der Waals surface area contributed by atoms with Crippen LogP contribution in [-0.2, 0) is 19.1 Å². The van der Waals surface area contributed by atoms with E-state index in [0.29, 0.717) is 16.7 Å². The molecular weight excluding hydrogens is 364 g/mol. The van der Waals surface area contributed by atoms with Gasteiger partial charge in [0.2, 0.25) is 0 Å². The molecule has 3 rings (SSSR count). The maximum Gasteiger partial charge on any atom is 0.354 e. The minimum Gasteiger partial charge on any atom is -0.504 e. The zero-order valence-electron chi connectivity index (χ0n) is 15.5. The number of anilines is 1. The van der Waals surface area contributed by atoms with Gasteiger partial charge in [0.25, 0.3) is 0 Å². The first kappa shape index (κ1) is 18.9. The van der Waals surface area contributed by atoms with Crippen LogP contribution < -0.4 is 5.32 Å². The van der Waals surface area contributed by atoms with Gasteiger partial charge in [0.05, 0.1) is 26.0 Å². The highest BCUT2D eigenvalue weighted by molar-refractivity contribution is 5.99. The second-order valence-corrected chi connectivity index (χ2v) is 5.86. The summed E-state index contributed by atoms with van der Waals surface area (Å²) in [6.45, 7) is 1.80. The monoisotopic (exact) mass is 382 g/mol. The number of fused-ring (bicyclic) bond motifs is 1. The van der Waals surface area contributed by atoms with Gasteiger partial charge in [0, 0.05) is 0 Å². The standard InChI is InChI=1S/C19H18N4O5/c1-11-8-14(20-15(19(26)28-3)10-17(24)27-2)18(25)16(9-11)23-21-12-6-4-5-7-13(12)22-23/h4-10,20,25H,1-3H3/b15-10+. The number of methoxy groups -OCH3 is 2. The van der Waals surface area contributed by atoms with Crippen molar-refractivity contribution < 1.29 is 24.2 Å². The molecular formula is C19H18N4O5. The Morgan fingerprint density at radius 3 is 2.32 bits per heavy atom. The Morgan fingerprint density at radius 2 is 1.75 bits per heavy atom. The van der Waals surface area contributed by atoms with Gasteiger partial charge in [-0.15, -0.1) is 15.0 Å². The Morgan fingerprint density at radius 1 is 1.11 bits per heavy atom. The number of phenols is 1. The van der Waals surface area contributed by atoms with E-state index in [0.717, 1.165) is 11.6 Å². The first-order chi connectivity index (χ1) is 13.4. The number of hydrogen-bond acceptors (Lipinski definition) is 8. The fourth-order valence-corrected chi connectivity index (χ4v) is 2.55. The third-order valence-electron chi connectivity index (χ3n) is 3.87. The van der Waals surface area contributed by atoms with Gasteiger partial charge in [-0.2, -0.15) is 0 Å². The van der Waals surface area contributed by atoms with Crippen LogP contribution >= 0.6 is 0 Å². The van der Waals surface area contributed by atoms with Crippen molar-refractivity contribution in [2.45, 2.75) is 6.92 Å². The average molecular weight is 382 g/mol. The Hall–Kier alpha value is -3.88. The van der Waals surface area contributed by atoms with Gasteiger partial charge in [-0.25, -0.2) is 9.59 Å². The number of aryl methyl sites for hydroxylation is 1. The second-order valence-electron chi connectivity index (χ2n) is 5.86. The molecule has 9 nitrogen and oxygen atoms in total. The quantitative estimate of drug-likeness (QED) is 0.391. The molecule has 2 aromatic carbocycles. The van der Waals surface area contributed by atoms with E-state index in [1.807, 2.05) is 12.1 Å². The predicted molar refractivity (Wildman–Crippen MR) is 101 cm³/mol. The molecule has 144 valence electrons. The average Bonchev–Trinajstić information content (AvgIpc) is 3.12. The lowest BCUT2D eigenvalue weighted by molar-refractivity contribution is -0.138. The highest BCUT2D eigenvalue weighted by Crippen LogP contribution is 2.33. The minimum atomic E-state index is -0.796. The van der Waals surface area contributed by atoms with E-state index in [-0.39, 0.29) is 17.1 Å². The summed E-state index contributed by atoms with van der Waals surface area (Å²) in [5.74, 6) is -1.75. The molecule has 0 aliphatic rings. The van der Waals surface area contributed by atoms with E-state index in [1.54, 1.807) is 31.2 Å². The van der Waals surface area contributed by atoms with E-state index in [4.69, 9.17) is 0 Å². The van der Waals surface area contributed by atoms with Crippen molar-refractivity contribution in [1.29, 1.82) is 0 Å². The summed E-state index contributed by atoms with van der Waals surface area (Å²) in [4.78, 5) is 24.8. The first-order valence-corrected chi connectivity index (χ1v) is 8.24. The molecule has 0 bridgehead atoms. The minimum absolute atomic E-state index is 0.178. The highest BCUT2D eigenvalue weighted by atomic mass is 16.5. The van der Waals surface area contributed by atoms with Crippen LogP contribution in [0.2, 0.25) is 0 Å². The molecule has 0 spiro atoms. The van der Waals surface area contributed by atoms with Gasteiger partial charge in [-0.05, 0) is 36.8 Å². The molecule has 0 saturated carbocycles. The molecule has 28 heavy (non-hydrogen) atoms. The van der Waals surface area contributed by atoms with Gasteiger partial charge in [-0.1, -0.05) is 12.1 Å². The lowest BCUT2D eigenvalue weighted by atomic mass is 10.1. The molecule has 9 heteroatoms. The molecule has 0 amide bonds. The number of carbonyl (C=O) groups excluding carboxylic acids is 2. The Kier molecular flexibility index (Phi) is 5.25. The van der Waals surface area contributed by atoms with Crippen molar-refractivity contribution in [3.8, 4) is 11.4 Å². The normalized spacial score (nSPS) is 11.3. The zero-order chi connectivity index (χ0) is 20.3. The molecule has 1 aromatic heterocycles. The van der Waals surface area contributed by atoms with E-state index >= 15 is 0 Å². The number of rotatable bonds is 5. The molecule has 0 aliphatic carbocycles. The highest BCUT2D eigenvalue weighted by Gasteiger charge is 2.18. The Bertz CT molecular complexity index is 1050. The fourth-order valence-electron chi connectivity index (χ4n) is 2.55. The largest absolute Gasteiger partial charge is 0.504 e. The Balaban J connectivity index is 2.06. The van der Waals surface area contributed by atoms with E-state index < -0.39 is 11.9 Å². The fraction of sp³-hybridized carbons (Fsp3) is 0.158. The van der Waals surface area contributed by atoms with Crippen molar-refractivity contribution in [3.63, 3.8) is 0 Å². The van der Waals surface area contributed by atoms with Gasteiger partial charge in [0.15, 0.2) is 5.75 Å². The maximum atomic E-state index is 12.0. The smallest absolute Gasteiger partial charge is 0.354 e. The summed E-state index contributed by atoms with van der Waals surface area (Å²) >= 11 is 0. The topological polar surface area (TPSA) is 116 Å². The molecule has 0 radical (unpaired) electrons. The maximum absolute atomic E-state index is 12.0. The van der Waals surface area contributed by atoms with Crippen molar-refractivity contribution in [1.82, 2.24) is 15.0 Å². The summed E-state index contributed by atoms with van der Waals surface area (Å²) in [7, 11) is 2.36. The van der Waals surface area contributed by atoms with Crippen molar-refractivity contribution >= 4 is 28.7 Å². The van der Waals surface area contributed by atoms with Gasteiger partial charge < -0.3 is 19.9 Å². The SMILES string of the molecule is COC(=O)/C=C(/Nc1cc(C)cc(-n2nc3ccccc3n2)c1O)C(=O)OC. The molecule has 2 N–H and O–H groups in total. The lowest BCUT2D eigenvalue weighted by Gasteiger charge is -2.14. The van der Waals surface area contributed by atoms with E-state index in [9.17, 15) is 14.7 Å². The summed E-state index contributed by atoms with van der Waals surface area (Å²) in [5, 5.41) is 22.2. The summed E-state index contributed by atoms with van der Waals surface area (Å²) in [6.07, 6.45) is 0.938. The van der Waals surface area contributed by atoms with Gasteiger partial charge in [-0.3, -0.25) is 0 Å². The van der Waals surface area contributed by atoms with Crippen molar-refractivity contribution in [3.05, 3.63) is 53.7 Å². The number of ether oxygens (including phenoxy) is 2. The number of aromatic nitrogens is 3. The van der Waals surface area contributed by atoms with Crippen LogP contribution in [-0.4, -0.2) is 46.3 Å². The summed E-state index contributed by atoms with van der Waals surface area (Å²) in [6, 6.07) is 10.6. The molecule has 1 heterocycles. The summed E-state index contributed by atoms with van der Waals surface area (Å²) in [5.41, 5.74) is 2.38.